The van der Waals surface area contributed by atoms with Gasteiger partial charge in [-0.05, 0) is 30.4 Å². The number of nitrogens with zero attached hydrogens (tertiary/aromatic N) is 3. The van der Waals surface area contributed by atoms with Crippen molar-refractivity contribution in [1.82, 2.24) is 14.8 Å². The second kappa shape index (κ2) is 5.08. The maximum atomic E-state index is 4.41. The Balaban J connectivity index is 2.03. The average molecular weight is 320 g/mol. The molecule has 2 aromatic rings. The fourth-order valence-electron chi connectivity index (χ4n) is 3.16. The smallest absolute Gasteiger partial charge is 0.138 e. The summed E-state index contributed by atoms with van der Waals surface area (Å²) in [6.45, 7) is 0. The maximum absolute atomic E-state index is 4.41. The predicted molar refractivity (Wildman–Crippen MR) is 79.6 cm³/mol. The fraction of sp³-hybridized carbons (Fsp3) is 0.467. The molecule has 0 bridgehead atoms. The van der Waals surface area contributed by atoms with Crippen molar-refractivity contribution in [2.24, 2.45) is 7.05 Å². The van der Waals surface area contributed by atoms with Crippen LogP contribution < -0.4 is 0 Å². The lowest BCUT2D eigenvalue weighted by Crippen LogP contribution is -2.36. The van der Waals surface area contributed by atoms with Crippen molar-refractivity contribution in [2.45, 2.75) is 31.1 Å². The van der Waals surface area contributed by atoms with Gasteiger partial charge in [-0.2, -0.15) is 5.10 Å². The number of aromatic nitrogens is 3. The molecular formula is C15H18BrN3. The van der Waals surface area contributed by atoms with E-state index in [1.165, 1.54) is 30.4 Å². The molecule has 3 rings (SSSR count). The molecule has 4 heteroatoms. The summed E-state index contributed by atoms with van der Waals surface area (Å²) >= 11 is 3.75. The molecular weight excluding hydrogens is 302 g/mol. The molecule has 100 valence electrons. The first-order valence-electron chi connectivity index (χ1n) is 6.72. The van der Waals surface area contributed by atoms with Gasteiger partial charge in [0.05, 0.1) is 0 Å². The van der Waals surface area contributed by atoms with E-state index in [1.807, 2.05) is 11.7 Å². The van der Waals surface area contributed by atoms with Crippen molar-refractivity contribution >= 4 is 15.9 Å². The van der Waals surface area contributed by atoms with Crippen LogP contribution in [0.4, 0.5) is 0 Å². The molecule has 0 saturated carbocycles. The summed E-state index contributed by atoms with van der Waals surface area (Å²) in [5.41, 5.74) is 3.15. The highest BCUT2D eigenvalue weighted by molar-refractivity contribution is 9.09. The van der Waals surface area contributed by atoms with Crippen LogP contribution in [0, 0.1) is 0 Å². The molecule has 0 amide bonds. The van der Waals surface area contributed by atoms with Gasteiger partial charge < -0.3 is 0 Å². The minimum atomic E-state index is 0.162. The molecule has 19 heavy (non-hydrogen) atoms. The number of alkyl halides is 1. The second-order valence-corrected chi connectivity index (χ2v) is 5.96. The van der Waals surface area contributed by atoms with Gasteiger partial charge in [-0.3, -0.25) is 4.68 Å². The lowest BCUT2D eigenvalue weighted by molar-refractivity contribution is 0.387. The Bertz CT molecular complexity index is 578. The standard InChI is InChI=1S/C15H18BrN3/c1-19-14(17-11-18-19)9-15(10-16)8-4-6-12-5-2-3-7-13(12)15/h2-3,5,7,11H,4,6,8-10H2,1H3. The van der Waals surface area contributed by atoms with Crippen molar-refractivity contribution in [1.29, 1.82) is 0 Å². The molecule has 1 unspecified atom stereocenters. The number of fused-ring (bicyclic) bond motifs is 1. The first kappa shape index (κ1) is 12.9. The van der Waals surface area contributed by atoms with Crippen LogP contribution in [0.5, 0.6) is 0 Å². The Labute approximate surface area is 122 Å². The van der Waals surface area contributed by atoms with Crippen LogP contribution in [-0.2, 0) is 25.3 Å². The Morgan fingerprint density at radius 2 is 2.21 bits per heavy atom. The molecule has 1 aromatic carbocycles. The van der Waals surface area contributed by atoms with Gasteiger partial charge in [-0.15, -0.1) is 0 Å². The number of hydrogen-bond donors (Lipinski definition) is 0. The number of benzene rings is 1. The van der Waals surface area contributed by atoms with E-state index in [0.717, 1.165) is 17.6 Å². The zero-order chi connectivity index (χ0) is 13.3. The molecule has 1 atom stereocenters. The third-order valence-electron chi connectivity index (χ3n) is 4.25. The van der Waals surface area contributed by atoms with Gasteiger partial charge in [0.15, 0.2) is 0 Å². The van der Waals surface area contributed by atoms with E-state index in [4.69, 9.17) is 0 Å². The van der Waals surface area contributed by atoms with Crippen molar-refractivity contribution in [2.75, 3.05) is 5.33 Å². The minimum absolute atomic E-state index is 0.162. The highest BCUT2D eigenvalue weighted by Gasteiger charge is 2.36. The van der Waals surface area contributed by atoms with E-state index < -0.39 is 0 Å². The van der Waals surface area contributed by atoms with Gasteiger partial charge >= 0.3 is 0 Å². The quantitative estimate of drug-likeness (QED) is 0.814. The van der Waals surface area contributed by atoms with Crippen LogP contribution in [0.1, 0.15) is 29.8 Å². The largest absolute Gasteiger partial charge is 0.253 e. The third-order valence-corrected chi connectivity index (χ3v) is 5.32. The molecule has 0 N–H and O–H groups in total. The van der Waals surface area contributed by atoms with E-state index in [2.05, 4.69) is 50.3 Å². The van der Waals surface area contributed by atoms with E-state index in [-0.39, 0.29) is 5.41 Å². The number of halogens is 1. The van der Waals surface area contributed by atoms with E-state index in [9.17, 15) is 0 Å². The minimum Gasteiger partial charge on any atom is -0.253 e. The second-order valence-electron chi connectivity index (χ2n) is 5.40. The SMILES string of the molecule is Cn1ncnc1CC1(CBr)CCCc2ccccc21. The van der Waals surface area contributed by atoms with Gasteiger partial charge in [0.2, 0.25) is 0 Å². The first-order chi connectivity index (χ1) is 9.25. The van der Waals surface area contributed by atoms with Crippen molar-refractivity contribution < 1.29 is 0 Å². The molecule has 1 aliphatic carbocycles. The Kier molecular flexibility index (Phi) is 3.44. The van der Waals surface area contributed by atoms with Crippen LogP contribution in [-0.4, -0.2) is 20.1 Å². The fourth-order valence-corrected chi connectivity index (χ4v) is 3.94. The average Bonchev–Trinajstić information content (AvgIpc) is 2.84. The summed E-state index contributed by atoms with van der Waals surface area (Å²) in [5.74, 6) is 1.07. The van der Waals surface area contributed by atoms with Gasteiger partial charge in [-0.25, -0.2) is 4.98 Å². The summed E-state index contributed by atoms with van der Waals surface area (Å²) < 4.78 is 1.89. The molecule has 1 aliphatic rings. The number of aryl methyl sites for hydroxylation is 2. The van der Waals surface area contributed by atoms with Gasteiger partial charge in [0.25, 0.3) is 0 Å². The zero-order valence-corrected chi connectivity index (χ0v) is 12.7. The normalized spacial score (nSPS) is 22.2. The molecule has 3 nitrogen and oxygen atoms in total. The van der Waals surface area contributed by atoms with Crippen molar-refractivity contribution in [3.8, 4) is 0 Å². The Morgan fingerprint density at radius 3 is 2.95 bits per heavy atom. The Morgan fingerprint density at radius 1 is 1.37 bits per heavy atom. The lowest BCUT2D eigenvalue weighted by atomic mass is 9.69. The van der Waals surface area contributed by atoms with Crippen LogP contribution in [0.3, 0.4) is 0 Å². The zero-order valence-electron chi connectivity index (χ0n) is 11.1. The predicted octanol–water partition coefficient (Wildman–Crippen LogP) is 3.03. The summed E-state index contributed by atoms with van der Waals surface area (Å²) in [6.07, 6.45) is 6.25. The summed E-state index contributed by atoms with van der Waals surface area (Å²) in [5, 5.41) is 5.17. The molecule has 1 aromatic heterocycles. The summed E-state index contributed by atoms with van der Waals surface area (Å²) in [6, 6.07) is 8.85. The van der Waals surface area contributed by atoms with E-state index >= 15 is 0 Å². The van der Waals surface area contributed by atoms with E-state index in [0.29, 0.717) is 0 Å². The van der Waals surface area contributed by atoms with Crippen LogP contribution in [0.25, 0.3) is 0 Å². The van der Waals surface area contributed by atoms with Crippen LogP contribution in [0.15, 0.2) is 30.6 Å². The van der Waals surface area contributed by atoms with Crippen LogP contribution >= 0.6 is 15.9 Å². The summed E-state index contributed by atoms with van der Waals surface area (Å²) in [4.78, 5) is 4.41. The molecule has 0 radical (unpaired) electrons. The number of hydrogen-bond acceptors (Lipinski definition) is 2. The highest BCUT2D eigenvalue weighted by atomic mass is 79.9. The Hall–Kier alpha value is -1.16. The maximum Gasteiger partial charge on any atom is 0.138 e. The van der Waals surface area contributed by atoms with Gasteiger partial charge in [0, 0.05) is 24.2 Å². The highest BCUT2D eigenvalue weighted by Crippen LogP contribution is 2.40. The van der Waals surface area contributed by atoms with Gasteiger partial charge in [-0.1, -0.05) is 40.2 Å². The molecule has 0 spiro atoms. The molecule has 0 fully saturated rings. The van der Waals surface area contributed by atoms with Gasteiger partial charge in [0.1, 0.15) is 12.2 Å². The monoisotopic (exact) mass is 319 g/mol. The third kappa shape index (κ3) is 2.22. The van der Waals surface area contributed by atoms with Crippen LogP contribution in [0.2, 0.25) is 0 Å². The first-order valence-corrected chi connectivity index (χ1v) is 7.84. The molecule has 0 saturated heterocycles. The summed E-state index contributed by atoms with van der Waals surface area (Å²) in [7, 11) is 1.97. The van der Waals surface area contributed by atoms with Crippen molar-refractivity contribution in [3.63, 3.8) is 0 Å². The molecule has 1 heterocycles. The number of rotatable bonds is 3. The topological polar surface area (TPSA) is 30.7 Å². The lowest BCUT2D eigenvalue weighted by Gasteiger charge is -2.37. The van der Waals surface area contributed by atoms with E-state index in [1.54, 1.807) is 6.33 Å². The van der Waals surface area contributed by atoms with Crippen molar-refractivity contribution in [3.05, 3.63) is 47.5 Å². The molecule has 0 aliphatic heterocycles.